The molecule has 0 radical (unpaired) electrons. The van der Waals surface area contributed by atoms with Crippen LogP contribution in [-0.2, 0) is 21.0 Å². The molecule has 8 heteroatoms. The van der Waals surface area contributed by atoms with Crippen molar-refractivity contribution in [3.63, 3.8) is 0 Å². The minimum absolute atomic E-state index is 0. The van der Waals surface area contributed by atoms with Crippen molar-refractivity contribution in [3.05, 3.63) is 35.9 Å². The van der Waals surface area contributed by atoms with Gasteiger partial charge in [-0.1, -0.05) is 30.3 Å². The van der Waals surface area contributed by atoms with Crippen molar-refractivity contribution >= 4 is 39.8 Å². The Balaban J connectivity index is 0.00000392. The van der Waals surface area contributed by atoms with Gasteiger partial charge in [-0.3, -0.25) is 4.99 Å². The van der Waals surface area contributed by atoms with Crippen molar-refractivity contribution in [3.8, 4) is 0 Å². The fraction of sp³-hybridized carbons (Fsp3) is 0.650. The summed E-state index contributed by atoms with van der Waals surface area (Å²) in [5, 5.41) is 3.28. The normalized spacial score (nSPS) is 18.4. The number of nitrogens with one attached hydrogen (secondary N) is 1. The molecule has 6 nitrogen and oxygen atoms in total. The van der Waals surface area contributed by atoms with Crippen LogP contribution >= 0.6 is 24.0 Å². The molecule has 0 spiro atoms. The van der Waals surface area contributed by atoms with E-state index in [0.717, 1.165) is 25.3 Å². The first-order valence-electron chi connectivity index (χ1n) is 9.73. The number of aliphatic imine (C=N–C) groups is 1. The molecule has 0 aromatic heterocycles. The number of hydrogen-bond donors (Lipinski definition) is 1. The van der Waals surface area contributed by atoms with Crippen LogP contribution in [0.4, 0.5) is 0 Å². The van der Waals surface area contributed by atoms with Crippen molar-refractivity contribution in [2.75, 3.05) is 45.1 Å². The molecule has 0 unspecified atom stereocenters. The van der Waals surface area contributed by atoms with Gasteiger partial charge in [-0.05, 0) is 39.2 Å². The van der Waals surface area contributed by atoms with Crippen molar-refractivity contribution in [1.29, 1.82) is 0 Å². The first-order valence-corrected chi connectivity index (χ1v) is 11.4. The third-order valence-electron chi connectivity index (χ3n) is 4.76. The molecule has 2 rings (SSSR count). The van der Waals surface area contributed by atoms with E-state index in [2.05, 4.69) is 27.3 Å². The summed E-state index contributed by atoms with van der Waals surface area (Å²) in [5.74, 6) is 0.970. The van der Waals surface area contributed by atoms with Crippen LogP contribution in [-0.4, -0.2) is 69.2 Å². The lowest BCUT2D eigenvalue weighted by Gasteiger charge is -2.39. The van der Waals surface area contributed by atoms with Crippen LogP contribution in [0, 0.1) is 0 Å². The number of guanidine groups is 1. The minimum Gasteiger partial charge on any atom is -0.381 e. The number of nitrogens with zero attached hydrogens (tertiary/aromatic N) is 2. The molecular weight excluding hydrogens is 489 g/mol. The SMILES string of the molecule is CCNC(=NCCCOCCc1ccccc1)N1CCS(=O)(=O)C(C)(C)C1.I. The Labute approximate surface area is 187 Å². The van der Waals surface area contributed by atoms with Crippen LogP contribution in [0.3, 0.4) is 0 Å². The van der Waals surface area contributed by atoms with E-state index < -0.39 is 14.6 Å². The van der Waals surface area contributed by atoms with E-state index in [-0.39, 0.29) is 29.7 Å². The summed E-state index contributed by atoms with van der Waals surface area (Å²) < 4.78 is 29.3. The number of halogens is 1. The molecular formula is C20H34IN3O3S. The molecule has 1 N–H and O–H groups in total. The summed E-state index contributed by atoms with van der Waals surface area (Å²) in [7, 11) is -3.05. The van der Waals surface area contributed by atoms with Crippen LogP contribution in [0.2, 0.25) is 0 Å². The molecule has 0 amide bonds. The molecule has 1 aliphatic rings. The summed E-state index contributed by atoms with van der Waals surface area (Å²) in [4.78, 5) is 6.72. The van der Waals surface area contributed by atoms with Gasteiger partial charge in [0.05, 0.1) is 17.1 Å². The van der Waals surface area contributed by atoms with E-state index in [1.165, 1.54) is 5.56 Å². The number of sulfone groups is 1. The summed E-state index contributed by atoms with van der Waals surface area (Å²) in [6.45, 7) is 9.38. The summed E-state index contributed by atoms with van der Waals surface area (Å²) in [6.07, 6.45) is 1.77. The Morgan fingerprint density at radius 3 is 2.61 bits per heavy atom. The summed E-state index contributed by atoms with van der Waals surface area (Å²) in [6, 6.07) is 10.3. The molecule has 160 valence electrons. The highest BCUT2D eigenvalue weighted by atomic mass is 127. The van der Waals surface area contributed by atoms with Crippen molar-refractivity contribution in [2.24, 2.45) is 4.99 Å². The Bertz CT molecular complexity index is 709. The standard InChI is InChI=1S/C20H33N3O3S.HI/c1-4-21-19(23-13-16-27(24,25)20(2,3)17-23)22-12-8-14-26-15-11-18-9-6-5-7-10-18;/h5-7,9-10H,4,8,11-17H2,1-3H3,(H,21,22);1H. The maximum Gasteiger partial charge on any atom is 0.193 e. The lowest BCUT2D eigenvalue weighted by molar-refractivity contribution is 0.136. The zero-order valence-corrected chi connectivity index (χ0v) is 20.3. The van der Waals surface area contributed by atoms with Crippen LogP contribution < -0.4 is 5.32 Å². The average molecular weight is 523 g/mol. The van der Waals surface area contributed by atoms with E-state index in [9.17, 15) is 8.42 Å². The minimum atomic E-state index is -3.05. The molecule has 1 saturated heterocycles. The lowest BCUT2D eigenvalue weighted by atomic mass is 10.2. The predicted molar refractivity (Wildman–Crippen MR) is 126 cm³/mol. The Kier molecular flexibility index (Phi) is 10.8. The molecule has 1 aromatic rings. The van der Waals surface area contributed by atoms with Gasteiger partial charge in [0.15, 0.2) is 15.8 Å². The second-order valence-corrected chi connectivity index (χ2v) is 10.2. The summed E-state index contributed by atoms with van der Waals surface area (Å²) in [5.41, 5.74) is 1.28. The van der Waals surface area contributed by atoms with E-state index in [1.54, 1.807) is 13.8 Å². The van der Waals surface area contributed by atoms with Crippen LogP contribution in [0.5, 0.6) is 0 Å². The van der Waals surface area contributed by atoms with Gasteiger partial charge in [0.25, 0.3) is 0 Å². The van der Waals surface area contributed by atoms with Gasteiger partial charge in [-0.2, -0.15) is 0 Å². The molecule has 0 saturated carbocycles. The molecule has 0 aliphatic carbocycles. The first kappa shape index (κ1) is 25.2. The highest BCUT2D eigenvalue weighted by Gasteiger charge is 2.40. The Hall–Kier alpha value is -0.870. The van der Waals surface area contributed by atoms with Gasteiger partial charge >= 0.3 is 0 Å². The smallest absolute Gasteiger partial charge is 0.193 e. The third kappa shape index (κ3) is 7.51. The highest BCUT2D eigenvalue weighted by Crippen LogP contribution is 2.23. The maximum absolute atomic E-state index is 12.2. The lowest BCUT2D eigenvalue weighted by Crippen LogP contribution is -2.57. The quantitative estimate of drug-likeness (QED) is 0.246. The highest BCUT2D eigenvalue weighted by molar-refractivity contribution is 14.0. The van der Waals surface area contributed by atoms with E-state index in [0.29, 0.717) is 32.8 Å². The monoisotopic (exact) mass is 523 g/mol. The molecule has 28 heavy (non-hydrogen) atoms. The van der Waals surface area contributed by atoms with Crippen LogP contribution in [0.15, 0.2) is 35.3 Å². The number of ether oxygens (including phenoxy) is 1. The molecule has 1 aliphatic heterocycles. The van der Waals surface area contributed by atoms with Gasteiger partial charge in [-0.15, -0.1) is 24.0 Å². The Morgan fingerprint density at radius 1 is 1.25 bits per heavy atom. The number of hydrogen-bond acceptors (Lipinski definition) is 4. The van der Waals surface area contributed by atoms with E-state index in [1.807, 2.05) is 25.1 Å². The van der Waals surface area contributed by atoms with Crippen molar-refractivity contribution in [1.82, 2.24) is 10.2 Å². The average Bonchev–Trinajstić information content (AvgIpc) is 2.63. The summed E-state index contributed by atoms with van der Waals surface area (Å²) >= 11 is 0. The van der Waals surface area contributed by atoms with Gasteiger partial charge in [0.2, 0.25) is 0 Å². The second kappa shape index (κ2) is 12.0. The van der Waals surface area contributed by atoms with Crippen molar-refractivity contribution in [2.45, 2.75) is 38.4 Å². The Morgan fingerprint density at radius 2 is 1.96 bits per heavy atom. The second-order valence-electron chi connectivity index (χ2n) is 7.44. The van der Waals surface area contributed by atoms with Crippen LogP contribution in [0.25, 0.3) is 0 Å². The fourth-order valence-electron chi connectivity index (χ4n) is 3.04. The number of benzene rings is 1. The molecule has 1 heterocycles. The predicted octanol–water partition coefficient (Wildman–Crippen LogP) is 2.73. The maximum atomic E-state index is 12.2. The van der Waals surface area contributed by atoms with Gasteiger partial charge in [-0.25, -0.2) is 8.42 Å². The van der Waals surface area contributed by atoms with Crippen molar-refractivity contribution < 1.29 is 13.2 Å². The van der Waals surface area contributed by atoms with Gasteiger partial charge < -0.3 is 15.0 Å². The number of rotatable bonds is 8. The largest absolute Gasteiger partial charge is 0.381 e. The topological polar surface area (TPSA) is 71.0 Å². The molecule has 1 aromatic carbocycles. The zero-order chi connectivity index (χ0) is 19.8. The zero-order valence-electron chi connectivity index (χ0n) is 17.2. The fourth-order valence-corrected chi connectivity index (χ4v) is 4.40. The first-order chi connectivity index (χ1) is 12.9. The van der Waals surface area contributed by atoms with Gasteiger partial charge in [0, 0.05) is 32.8 Å². The van der Waals surface area contributed by atoms with Gasteiger partial charge in [0.1, 0.15) is 0 Å². The molecule has 1 fully saturated rings. The third-order valence-corrected chi connectivity index (χ3v) is 7.30. The molecule has 0 atom stereocenters. The van der Waals surface area contributed by atoms with E-state index >= 15 is 0 Å². The van der Waals surface area contributed by atoms with E-state index in [4.69, 9.17) is 4.74 Å². The molecule has 0 bridgehead atoms. The van der Waals surface area contributed by atoms with Crippen LogP contribution in [0.1, 0.15) is 32.8 Å².